The van der Waals surface area contributed by atoms with Crippen molar-refractivity contribution in [1.29, 1.82) is 10.8 Å². The van der Waals surface area contributed by atoms with E-state index in [9.17, 15) is 0 Å². The fourth-order valence-corrected chi connectivity index (χ4v) is 2.66. The van der Waals surface area contributed by atoms with E-state index >= 15 is 0 Å². The Morgan fingerprint density at radius 3 is 1.62 bits per heavy atom. The number of rotatable bonds is 4. The third-order valence-electron chi connectivity index (χ3n) is 3.89. The average Bonchev–Trinajstić information content (AvgIpc) is 3.15. The van der Waals surface area contributed by atoms with E-state index in [0.717, 1.165) is 11.0 Å². The molecule has 9 heteroatoms. The van der Waals surface area contributed by atoms with E-state index in [-0.39, 0.29) is 31.1 Å². The molecule has 2 heterocycles. The Labute approximate surface area is 161 Å². The van der Waals surface area contributed by atoms with Crippen molar-refractivity contribution in [3.05, 3.63) is 59.2 Å². The summed E-state index contributed by atoms with van der Waals surface area (Å²) in [5.74, 6) is 1.22. The van der Waals surface area contributed by atoms with Gasteiger partial charge in [0.1, 0.15) is 11.7 Å². The van der Waals surface area contributed by atoms with Crippen molar-refractivity contribution < 1.29 is 19.5 Å². The quantitative estimate of drug-likeness (QED) is 0.228. The molecule has 0 atom stereocenters. The molecular formula is C17H14N8Zn. The maximum absolute atomic E-state index is 7.49. The van der Waals surface area contributed by atoms with Crippen LogP contribution in [0.2, 0.25) is 0 Å². The first kappa shape index (κ1) is 17.8. The molecule has 0 bridgehead atoms. The van der Waals surface area contributed by atoms with Crippen molar-refractivity contribution in [1.82, 2.24) is 19.9 Å². The van der Waals surface area contributed by atoms with Gasteiger partial charge in [-0.15, -0.1) is 0 Å². The number of hydrogen-bond acceptors (Lipinski definition) is 4. The molecule has 0 unspecified atom stereocenters. The number of nitrogens with one attached hydrogen (secondary N) is 2. The number of nitrogen functional groups attached to an aromatic ring is 2. The number of nitrogens with two attached hydrogens (primary N) is 2. The van der Waals surface area contributed by atoms with Crippen LogP contribution < -0.4 is 21.4 Å². The summed E-state index contributed by atoms with van der Waals surface area (Å²) in [4.78, 5) is 17.9. The van der Waals surface area contributed by atoms with Gasteiger partial charge in [0, 0.05) is 11.1 Å². The van der Waals surface area contributed by atoms with Gasteiger partial charge < -0.3 is 31.4 Å². The Bertz CT molecular complexity index is 1050. The number of aromatic nitrogens is 4. The van der Waals surface area contributed by atoms with Crippen LogP contribution in [0.15, 0.2) is 36.4 Å². The number of imidazole rings is 2. The van der Waals surface area contributed by atoms with Crippen molar-refractivity contribution in [2.45, 2.75) is 6.42 Å². The van der Waals surface area contributed by atoms with Gasteiger partial charge in [-0.1, -0.05) is 35.9 Å². The predicted octanol–water partition coefficient (Wildman–Crippen LogP) is 0.854. The molecule has 0 radical (unpaired) electrons. The number of nitrogens with zero attached hydrogens (tertiary/aromatic N) is 4. The van der Waals surface area contributed by atoms with Gasteiger partial charge in [0.15, 0.2) is 0 Å². The Hall–Kier alpha value is -3.06. The minimum atomic E-state index is -0.00153. The van der Waals surface area contributed by atoms with Gasteiger partial charge in [0.25, 0.3) is 0 Å². The van der Waals surface area contributed by atoms with Crippen LogP contribution in [0, 0.1) is 10.8 Å². The maximum Gasteiger partial charge on any atom is 2.00 e. The molecule has 4 aromatic rings. The minimum absolute atomic E-state index is 0. The van der Waals surface area contributed by atoms with Crippen LogP contribution in [-0.4, -0.2) is 21.6 Å². The molecular weight excluding hydrogens is 382 g/mol. The smallest absolute Gasteiger partial charge is 0.439 e. The van der Waals surface area contributed by atoms with Crippen molar-refractivity contribution in [3.8, 4) is 0 Å². The zero-order chi connectivity index (χ0) is 17.6. The van der Waals surface area contributed by atoms with E-state index in [0.29, 0.717) is 40.2 Å². The topological polar surface area (TPSA) is 154 Å². The Morgan fingerprint density at radius 2 is 1.23 bits per heavy atom. The molecule has 0 aliphatic carbocycles. The molecule has 0 saturated carbocycles. The molecule has 2 aromatic carbocycles. The van der Waals surface area contributed by atoms with E-state index in [4.69, 9.17) is 22.3 Å². The van der Waals surface area contributed by atoms with E-state index in [1.807, 2.05) is 0 Å². The summed E-state index contributed by atoms with van der Waals surface area (Å²) < 4.78 is 0. The van der Waals surface area contributed by atoms with Crippen LogP contribution in [0.5, 0.6) is 0 Å². The van der Waals surface area contributed by atoms with Crippen molar-refractivity contribution in [2.75, 3.05) is 0 Å². The number of fused-ring (bicyclic) bond motifs is 2. The van der Waals surface area contributed by atoms with Crippen LogP contribution in [-0.2, 0) is 25.9 Å². The Balaban J connectivity index is 0.00000196. The molecule has 0 aliphatic heterocycles. The summed E-state index contributed by atoms with van der Waals surface area (Å²) in [7, 11) is 0. The second-order valence-corrected chi connectivity index (χ2v) is 5.69. The molecule has 6 N–H and O–H groups in total. The number of amidine groups is 2. The second-order valence-electron chi connectivity index (χ2n) is 5.69. The molecule has 0 amide bonds. The van der Waals surface area contributed by atoms with Crippen LogP contribution in [0.4, 0.5) is 0 Å². The second kappa shape index (κ2) is 6.69. The molecule has 4 rings (SSSR count). The Morgan fingerprint density at radius 1 is 0.808 bits per heavy atom. The third kappa shape index (κ3) is 3.21. The monoisotopic (exact) mass is 394 g/mol. The molecule has 0 spiro atoms. The molecule has 2 aromatic heterocycles. The fraction of sp³-hybridized carbons (Fsp3) is 0.0588. The molecule has 8 nitrogen and oxygen atoms in total. The number of hydrogen-bond donors (Lipinski definition) is 4. The SMILES string of the molecule is N=C(N)c1ccc2[n-]c(Cc3nc4cc(C(=N)N)ccc4[n-]3)nc2c1.[Zn+2]. The molecule has 26 heavy (non-hydrogen) atoms. The van der Waals surface area contributed by atoms with Gasteiger partial charge in [-0.2, -0.15) is 0 Å². The van der Waals surface area contributed by atoms with E-state index in [1.165, 1.54) is 0 Å². The third-order valence-corrected chi connectivity index (χ3v) is 3.89. The van der Waals surface area contributed by atoms with Crippen LogP contribution in [0.1, 0.15) is 22.8 Å². The summed E-state index contributed by atoms with van der Waals surface area (Å²) in [6, 6.07) is 10.6. The van der Waals surface area contributed by atoms with E-state index in [1.54, 1.807) is 36.4 Å². The molecule has 0 saturated heterocycles. The summed E-state index contributed by atoms with van der Waals surface area (Å²) in [5.41, 5.74) is 15.1. The van der Waals surface area contributed by atoms with Crippen LogP contribution >= 0.6 is 0 Å². The van der Waals surface area contributed by atoms with Gasteiger partial charge in [0.2, 0.25) is 0 Å². The standard InChI is InChI=1S/C17H14N8.Zn/c18-16(19)8-1-3-10-12(5-8)24-14(22-10)7-15-23-11-4-2-9(17(20)21)6-13(11)25-15;/h1-6H,7H2,(H6-2,18,19,20,21,22,23,24,25);/q-2;+2. The van der Waals surface area contributed by atoms with E-state index < -0.39 is 0 Å². The predicted molar refractivity (Wildman–Crippen MR) is 95.0 cm³/mol. The van der Waals surface area contributed by atoms with Gasteiger partial charge in [-0.05, 0) is 40.6 Å². The molecule has 124 valence electrons. The average molecular weight is 396 g/mol. The summed E-state index contributed by atoms with van der Waals surface area (Å²) in [6.45, 7) is 0. The largest absolute Gasteiger partial charge is 2.00 e. The first-order valence-corrected chi connectivity index (χ1v) is 7.55. The summed E-state index contributed by atoms with van der Waals surface area (Å²) >= 11 is 0. The minimum Gasteiger partial charge on any atom is -0.439 e. The van der Waals surface area contributed by atoms with Gasteiger partial charge in [-0.25, -0.2) is 0 Å². The first-order chi connectivity index (χ1) is 12.0. The normalized spacial score (nSPS) is 10.8. The summed E-state index contributed by atoms with van der Waals surface area (Å²) in [6.07, 6.45) is 0.397. The van der Waals surface area contributed by atoms with Crippen molar-refractivity contribution in [2.24, 2.45) is 11.5 Å². The van der Waals surface area contributed by atoms with Gasteiger partial charge in [0.05, 0.1) is 0 Å². The number of benzene rings is 2. The van der Waals surface area contributed by atoms with Gasteiger partial charge in [-0.3, -0.25) is 10.8 Å². The van der Waals surface area contributed by atoms with Crippen molar-refractivity contribution in [3.63, 3.8) is 0 Å². The zero-order valence-electron chi connectivity index (χ0n) is 13.8. The first-order valence-electron chi connectivity index (χ1n) is 7.55. The van der Waals surface area contributed by atoms with Crippen molar-refractivity contribution >= 4 is 33.7 Å². The zero-order valence-corrected chi connectivity index (χ0v) is 16.8. The summed E-state index contributed by atoms with van der Waals surface area (Å²) in [5, 5.41) is 15.0. The molecule has 0 aliphatic rings. The maximum atomic E-state index is 7.49. The Kier molecular flexibility index (Phi) is 4.57. The van der Waals surface area contributed by atoms with E-state index in [2.05, 4.69) is 19.9 Å². The van der Waals surface area contributed by atoms with Crippen LogP contribution in [0.25, 0.3) is 22.1 Å². The van der Waals surface area contributed by atoms with Crippen LogP contribution in [0.3, 0.4) is 0 Å². The molecule has 0 fully saturated rings. The fourth-order valence-electron chi connectivity index (χ4n) is 2.66. The van der Waals surface area contributed by atoms with Gasteiger partial charge >= 0.3 is 19.5 Å².